The molecule has 0 amide bonds. The molecule has 0 fully saturated rings. The van der Waals surface area contributed by atoms with E-state index in [0.717, 1.165) is 12.2 Å². The van der Waals surface area contributed by atoms with E-state index in [1.165, 1.54) is 16.7 Å². The van der Waals surface area contributed by atoms with E-state index < -0.39 is 0 Å². The fourth-order valence-corrected chi connectivity index (χ4v) is 3.05. The Bertz CT molecular complexity index is 695. The van der Waals surface area contributed by atoms with Gasteiger partial charge >= 0.3 is 0 Å². The molecule has 0 bridgehead atoms. The minimum atomic E-state index is 0.219. The molecule has 116 valence electrons. The fourth-order valence-electron chi connectivity index (χ4n) is 3.05. The van der Waals surface area contributed by atoms with Crippen molar-refractivity contribution in [3.63, 3.8) is 0 Å². The lowest BCUT2D eigenvalue weighted by Crippen LogP contribution is -2.18. The predicted octanol–water partition coefficient (Wildman–Crippen LogP) is 3.23. The summed E-state index contributed by atoms with van der Waals surface area (Å²) in [5, 5.41) is 3.47. The molecule has 0 saturated heterocycles. The molecular weight excluding hydrogens is 274 g/mol. The molecule has 0 aliphatic heterocycles. The van der Waals surface area contributed by atoms with Crippen LogP contribution in [-0.4, -0.2) is 15.0 Å². The minimum Gasteiger partial charge on any atom is -0.368 e. The van der Waals surface area contributed by atoms with Crippen LogP contribution in [0.2, 0.25) is 0 Å². The third-order valence-corrected chi connectivity index (χ3v) is 4.22. The molecule has 3 N–H and O–H groups in total. The summed E-state index contributed by atoms with van der Waals surface area (Å²) in [4.78, 5) is 13.0. The van der Waals surface area contributed by atoms with Crippen LogP contribution in [-0.2, 0) is 6.42 Å². The van der Waals surface area contributed by atoms with Crippen LogP contribution in [0.1, 0.15) is 55.2 Å². The Hall–Kier alpha value is -2.17. The number of anilines is 2. The molecule has 1 aliphatic rings. The summed E-state index contributed by atoms with van der Waals surface area (Å²) in [5.41, 5.74) is 9.85. The normalized spacial score (nSPS) is 20.2. The van der Waals surface area contributed by atoms with Gasteiger partial charge in [0.15, 0.2) is 0 Å². The number of aryl methyl sites for hydroxylation is 1. The highest BCUT2D eigenvalue weighted by atomic mass is 15.2. The van der Waals surface area contributed by atoms with Gasteiger partial charge in [-0.05, 0) is 30.4 Å². The minimum absolute atomic E-state index is 0.219. The largest absolute Gasteiger partial charge is 0.368 e. The molecule has 2 atom stereocenters. The molecule has 22 heavy (non-hydrogen) atoms. The van der Waals surface area contributed by atoms with Crippen molar-refractivity contribution in [2.45, 2.75) is 46.1 Å². The maximum atomic E-state index is 5.82. The molecule has 0 saturated carbocycles. The second kappa shape index (κ2) is 5.55. The van der Waals surface area contributed by atoms with Crippen LogP contribution in [0.5, 0.6) is 0 Å². The van der Waals surface area contributed by atoms with E-state index in [4.69, 9.17) is 5.73 Å². The summed E-state index contributed by atoms with van der Waals surface area (Å²) in [5.74, 6) is 2.29. The van der Waals surface area contributed by atoms with Crippen molar-refractivity contribution in [3.05, 3.63) is 40.7 Å². The van der Waals surface area contributed by atoms with Crippen LogP contribution in [0.25, 0.3) is 0 Å². The van der Waals surface area contributed by atoms with Gasteiger partial charge in [0, 0.05) is 5.92 Å². The summed E-state index contributed by atoms with van der Waals surface area (Å²) in [6.45, 7) is 8.48. The number of nitrogens with zero attached hydrogens (tertiary/aromatic N) is 3. The highest BCUT2D eigenvalue weighted by Gasteiger charge is 2.30. The van der Waals surface area contributed by atoms with Gasteiger partial charge in [0.05, 0.1) is 6.04 Å². The van der Waals surface area contributed by atoms with Crippen molar-refractivity contribution in [1.29, 1.82) is 0 Å². The molecule has 3 rings (SSSR count). The van der Waals surface area contributed by atoms with E-state index >= 15 is 0 Å². The second-order valence-electron chi connectivity index (χ2n) is 6.54. The summed E-state index contributed by atoms with van der Waals surface area (Å²) >= 11 is 0. The van der Waals surface area contributed by atoms with Crippen molar-refractivity contribution in [1.82, 2.24) is 15.0 Å². The van der Waals surface area contributed by atoms with Gasteiger partial charge in [-0.3, -0.25) is 0 Å². The first kappa shape index (κ1) is 14.8. The number of aromatic nitrogens is 3. The van der Waals surface area contributed by atoms with E-state index in [0.29, 0.717) is 11.9 Å². The van der Waals surface area contributed by atoms with E-state index in [2.05, 4.69) is 66.2 Å². The van der Waals surface area contributed by atoms with E-state index in [9.17, 15) is 0 Å². The first-order valence-electron chi connectivity index (χ1n) is 7.81. The number of nitrogens with two attached hydrogens (primary N) is 1. The van der Waals surface area contributed by atoms with E-state index in [1.807, 2.05) is 0 Å². The van der Waals surface area contributed by atoms with Crippen LogP contribution in [0.15, 0.2) is 18.2 Å². The highest BCUT2D eigenvalue weighted by molar-refractivity contribution is 5.44. The molecular formula is C17H23N5. The van der Waals surface area contributed by atoms with Gasteiger partial charge in [-0.1, -0.05) is 44.5 Å². The monoisotopic (exact) mass is 297 g/mol. The smallest absolute Gasteiger partial charge is 0.228 e. The molecule has 1 unspecified atom stereocenters. The fraction of sp³-hybridized carbons (Fsp3) is 0.471. The Morgan fingerprint density at radius 1 is 1.23 bits per heavy atom. The Morgan fingerprint density at radius 3 is 2.73 bits per heavy atom. The van der Waals surface area contributed by atoms with Gasteiger partial charge in [-0.15, -0.1) is 0 Å². The summed E-state index contributed by atoms with van der Waals surface area (Å²) in [6.07, 6.45) is 1.07. The maximum absolute atomic E-state index is 5.82. The highest BCUT2D eigenvalue weighted by Crippen LogP contribution is 2.38. The lowest BCUT2D eigenvalue weighted by atomic mass is 10.0. The summed E-state index contributed by atoms with van der Waals surface area (Å²) < 4.78 is 0. The van der Waals surface area contributed by atoms with Crippen LogP contribution >= 0.6 is 0 Å². The Balaban J connectivity index is 1.92. The lowest BCUT2D eigenvalue weighted by molar-refractivity contribution is 0.538. The molecule has 5 nitrogen and oxygen atoms in total. The van der Waals surface area contributed by atoms with Gasteiger partial charge < -0.3 is 11.1 Å². The van der Waals surface area contributed by atoms with E-state index in [1.54, 1.807) is 0 Å². The SMILES string of the molecule is Cc1ccc2c(c1)C(Nc1nc(N)nc(C(C)C)n1)[C@@H](C)C2. The average molecular weight is 297 g/mol. The van der Waals surface area contributed by atoms with Gasteiger partial charge in [-0.25, -0.2) is 0 Å². The maximum Gasteiger partial charge on any atom is 0.228 e. The number of fused-ring (bicyclic) bond motifs is 1. The van der Waals surface area contributed by atoms with Crippen LogP contribution in [0, 0.1) is 12.8 Å². The lowest BCUT2D eigenvalue weighted by Gasteiger charge is -2.19. The van der Waals surface area contributed by atoms with Gasteiger partial charge in [0.25, 0.3) is 0 Å². The number of nitrogens with one attached hydrogen (secondary N) is 1. The molecule has 1 aliphatic carbocycles. The standard InChI is InChI=1S/C17H23N5/c1-9(2)15-20-16(18)22-17(21-15)19-14-11(4)8-12-6-5-10(3)7-13(12)14/h5-7,9,11,14H,8H2,1-4H3,(H3,18,19,20,21,22)/t11-,14?/m0/s1. The molecule has 0 spiro atoms. The third-order valence-electron chi connectivity index (χ3n) is 4.22. The number of hydrogen-bond acceptors (Lipinski definition) is 5. The van der Waals surface area contributed by atoms with Crippen LogP contribution in [0.4, 0.5) is 11.9 Å². The average Bonchev–Trinajstić information content (AvgIpc) is 2.74. The molecule has 1 aromatic carbocycles. The molecule has 5 heteroatoms. The Morgan fingerprint density at radius 2 is 2.00 bits per heavy atom. The Labute approximate surface area is 131 Å². The first-order chi connectivity index (χ1) is 10.4. The van der Waals surface area contributed by atoms with Gasteiger partial charge in [-0.2, -0.15) is 15.0 Å². The zero-order valence-corrected chi connectivity index (χ0v) is 13.6. The summed E-state index contributed by atoms with van der Waals surface area (Å²) in [6, 6.07) is 6.87. The van der Waals surface area contributed by atoms with Crippen molar-refractivity contribution in [3.8, 4) is 0 Å². The van der Waals surface area contributed by atoms with E-state index in [-0.39, 0.29) is 17.9 Å². The number of nitrogen functional groups attached to an aromatic ring is 1. The summed E-state index contributed by atoms with van der Waals surface area (Å²) in [7, 11) is 0. The van der Waals surface area contributed by atoms with Gasteiger partial charge in [0.1, 0.15) is 5.82 Å². The molecule has 2 aromatic rings. The molecule has 1 aromatic heterocycles. The number of rotatable bonds is 3. The predicted molar refractivity (Wildman–Crippen MR) is 88.7 cm³/mol. The molecule has 1 heterocycles. The zero-order valence-electron chi connectivity index (χ0n) is 13.6. The topological polar surface area (TPSA) is 76.7 Å². The van der Waals surface area contributed by atoms with Gasteiger partial charge in [0.2, 0.25) is 11.9 Å². The van der Waals surface area contributed by atoms with Crippen molar-refractivity contribution in [2.75, 3.05) is 11.1 Å². The van der Waals surface area contributed by atoms with Crippen LogP contribution in [0.3, 0.4) is 0 Å². The second-order valence-corrected chi connectivity index (χ2v) is 6.54. The number of benzene rings is 1. The van der Waals surface area contributed by atoms with Crippen molar-refractivity contribution < 1.29 is 0 Å². The first-order valence-corrected chi connectivity index (χ1v) is 7.81. The molecule has 0 radical (unpaired) electrons. The van der Waals surface area contributed by atoms with Crippen molar-refractivity contribution >= 4 is 11.9 Å². The Kier molecular flexibility index (Phi) is 3.72. The zero-order chi connectivity index (χ0) is 15.9. The third kappa shape index (κ3) is 2.75. The van der Waals surface area contributed by atoms with Crippen LogP contribution < -0.4 is 11.1 Å². The quantitative estimate of drug-likeness (QED) is 0.909. The van der Waals surface area contributed by atoms with Crippen molar-refractivity contribution in [2.24, 2.45) is 5.92 Å². The number of hydrogen-bond donors (Lipinski definition) is 2.